The van der Waals surface area contributed by atoms with E-state index in [1.807, 2.05) is 32.0 Å². The lowest BCUT2D eigenvalue weighted by atomic mass is 10.0. The Morgan fingerprint density at radius 1 is 1.00 bits per heavy atom. The van der Waals surface area contributed by atoms with Crippen molar-refractivity contribution in [2.24, 2.45) is 5.92 Å². The maximum Gasteiger partial charge on any atom is 0.262 e. The molecule has 0 radical (unpaired) electrons. The van der Waals surface area contributed by atoms with Crippen molar-refractivity contribution >= 4 is 17.7 Å². The van der Waals surface area contributed by atoms with Crippen molar-refractivity contribution in [3.05, 3.63) is 71.3 Å². The van der Waals surface area contributed by atoms with Gasteiger partial charge in [0.2, 0.25) is 5.91 Å². The molecule has 0 aromatic heterocycles. The molecular formula is C24H27N3O3. The molecule has 1 saturated heterocycles. The zero-order valence-corrected chi connectivity index (χ0v) is 17.4. The maximum atomic E-state index is 13.2. The number of carbonyl (C=O) groups is 3. The summed E-state index contributed by atoms with van der Waals surface area (Å²) in [5.74, 6) is -1.22. The molecule has 2 heterocycles. The fourth-order valence-corrected chi connectivity index (χ4v) is 4.40. The van der Waals surface area contributed by atoms with E-state index < -0.39 is 6.04 Å². The van der Waals surface area contributed by atoms with E-state index in [1.165, 1.54) is 5.56 Å². The lowest BCUT2D eigenvalue weighted by molar-refractivity contribution is -0.127. The van der Waals surface area contributed by atoms with Gasteiger partial charge in [0.15, 0.2) is 0 Å². The molecule has 30 heavy (non-hydrogen) atoms. The molecule has 2 atom stereocenters. The van der Waals surface area contributed by atoms with E-state index >= 15 is 0 Å². The topological polar surface area (TPSA) is 69.7 Å². The van der Waals surface area contributed by atoms with Crippen LogP contribution in [-0.4, -0.2) is 52.7 Å². The highest BCUT2D eigenvalue weighted by Crippen LogP contribution is 2.27. The van der Waals surface area contributed by atoms with Crippen LogP contribution in [0.5, 0.6) is 0 Å². The van der Waals surface area contributed by atoms with Gasteiger partial charge in [-0.3, -0.25) is 24.2 Å². The quantitative estimate of drug-likeness (QED) is 0.751. The molecule has 0 spiro atoms. The van der Waals surface area contributed by atoms with Crippen LogP contribution in [0.15, 0.2) is 54.6 Å². The third kappa shape index (κ3) is 3.87. The van der Waals surface area contributed by atoms with Gasteiger partial charge in [-0.1, -0.05) is 56.3 Å². The highest BCUT2D eigenvalue weighted by atomic mass is 16.2. The lowest BCUT2D eigenvalue weighted by Gasteiger charge is -2.29. The Labute approximate surface area is 176 Å². The van der Waals surface area contributed by atoms with E-state index in [1.54, 1.807) is 24.3 Å². The van der Waals surface area contributed by atoms with Gasteiger partial charge in [-0.05, 0) is 30.0 Å². The van der Waals surface area contributed by atoms with Gasteiger partial charge < -0.3 is 5.32 Å². The molecule has 156 valence electrons. The first-order valence-corrected chi connectivity index (χ1v) is 10.5. The van der Waals surface area contributed by atoms with Crippen molar-refractivity contribution in [2.45, 2.75) is 38.9 Å². The minimum absolute atomic E-state index is 0.0117. The van der Waals surface area contributed by atoms with E-state index in [4.69, 9.17) is 0 Å². The van der Waals surface area contributed by atoms with Crippen molar-refractivity contribution in [2.75, 3.05) is 13.1 Å². The number of nitrogens with zero attached hydrogens (tertiary/aromatic N) is 2. The van der Waals surface area contributed by atoms with Crippen molar-refractivity contribution in [3.8, 4) is 0 Å². The summed E-state index contributed by atoms with van der Waals surface area (Å²) in [7, 11) is 0. The van der Waals surface area contributed by atoms with Crippen LogP contribution in [0.4, 0.5) is 0 Å². The average molecular weight is 405 g/mol. The predicted molar refractivity (Wildman–Crippen MR) is 114 cm³/mol. The molecule has 1 fully saturated rings. The van der Waals surface area contributed by atoms with Crippen LogP contribution in [0.1, 0.15) is 46.5 Å². The lowest BCUT2D eigenvalue weighted by Crippen LogP contribution is -2.54. The number of carbonyl (C=O) groups excluding carboxylic acids is 3. The standard InChI is InChI=1S/C24H27N3O3/c1-16(2)21(27-23(29)19-10-6-7-11-20(19)24(27)30)22(28)25-18-12-13-26(15-18)14-17-8-4-3-5-9-17/h3-11,16,18,21H,12-15H2,1-2H3,(H,25,28). The minimum atomic E-state index is -0.819. The summed E-state index contributed by atoms with van der Waals surface area (Å²) >= 11 is 0. The number of imide groups is 1. The Balaban J connectivity index is 1.43. The smallest absolute Gasteiger partial charge is 0.262 e. The number of nitrogens with one attached hydrogen (secondary N) is 1. The molecule has 6 heteroatoms. The number of fused-ring (bicyclic) bond motifs is 1. The highest BCUT2D eigenvalue weighted by Gasteiger charge is 2.44. The first-order valence-electron chi connectivity index (χ1n) is 10.5. The zero-order chi connectivity index (χ0) is 21.3. The molecule has 0 saturated carbocycles. The second-order valence-electron chi connectivity index (χ2n) is 8.43. The molecule has 2 aromatic rings. The monoisotopic (exact) mass is 405 g/mol. The SMILES string of the molecule is CC(C)C(C(=O)NC1CCN(Cc2ccccc2)C1)N1C(=O)c2ccccc2C1=O. The average Bonchev–Trinajstić information content (AvgIpc) is 3.27. The van der Waals surface area contributed by atoms with Crippen molar-refractivity contribution in [3.63, 3.8) is 0 Å². The molecule has 2 aliphatic heterocycles. The Bertz CT molecular complexity index is 922. The molecule has 2 aromatic carbocycles. The zero-order valence-electron chi connectivity index (χ0n) is 17.4. The summed E-state index contributed by atoms with van der Waals surface area (Å²) < 4.78 is 0. The Morgan fingerprint density at radius 3 is 2.20 bits per heavy atom. The normalized spacial score (nSPS) is 20.0. The first kappa shape index (κ1) is 20.3. The molecular weight excluding hydrogens is 378 g/mol. The highest BCUT2D eigenvalue weighted by molar-refractivity contribution is 6.22. The van der Waals surface area contributed by atoms with Gasteiger partial charge in [-0.2, -0.15) is 0 Å². The van der Waals surface area contributed by atoms with Crippen LogP contribution >= 0.6 is 0 Å². The van der Waals surface area contributed by atoms with Gasteiger partial charge in [0, 0.05) is 25.7 Å². The first-order chi connectivity index (χ1) is 14.5. The van der Waals surface area contributed by atoms with Crippen LogP contribution < -0.4 is 5.32 Å². The second-order valence-corrected chi connectivity index (χ2v) is 8.43. The van der Waals surface area contributed by atoms with Gasteiger partial charge in [0.1, 0.15) is 6.04 Å². The van der Waals surface area contributed by atoms with Gasteiger partial charge in [0.05, 0.1) is 11.1 Å². The summed E-state index contributed by atoms with van der Waals surface area (Å²) in [5, 5.41) is 3.09. The van der Waals surface area contributed by atoms with Gasteiger partial charge in [-0.25, -0.2) is 0 Å². The number of hydrogen-bond donors (Lipinski definition) is 1. The van der Waals surface area contributed by atoms with E-state index in [0.717, 1.165) is 31.0 Å². The Morgan fingerprint density at radius 2 is 1.60 bits per heavy atom. The van der Waals surface area contributed by atoms with Gasteiger partial charge >= 0.3 is 0 Å². The molecule has 4 rings (SSSR count). The van der Waals surface area contributed by atoms with Crippen LogP contribution in [0.2, 0.25) is 0 Å². The molecule has 2 unspecified atom stereocenters. The molecule has 3 amide bonds. The summed E-state index contributed by atoms with van der Waals surface area (Å²) in [5.41, 5.74) is 1.99. The number of likely N-dealkylation sites (tertiary alicyclic amines) is 1. The van der Waals surface area contributed by atoms with E-state index in [-0.39, 0.29) is 29.7 Å². The fourth-order valence-electron chi connectivity index (χ4n) is 4.40. The predicted octanol–water partition coefficient (Wildman–Crippen LogP) is 2.70. The maximum absolute atomic E-state index is 13.2. The summed E-state index contributed by atoms with van der Waals surface area (Å²) in [6, 6.07) is 16.2. The summed E-state index contributed by atoms with van der Waals surface area (Å²) in [4.78, 5) is 42.3. The summed E-state index contributed by atoms with van der Waals surface area (Å²) in [6.45, 7) is 6.24. The molecule has 0 aliphatic carbocycles. The van der Waals surface area contributed by atoms with Crippen LogP contribution in [-0.2, 0) is 11.3 Å². The molecule has 2 aliphatic rings. The Hall–Kier alpha value is -2.99. The molecule has 1 N–H and O–H groups in total. The second kappa shape index (κ2) is 8.40. The number of amides is 3. The number of benzene rings is 2. The van der Waals surface area contributed by atoms with Gasteiger partial charge in [-0.15, -0.1) is 0 Å². The number of hydrogen-bond acceptors (Lipinski definition) is 4. The Kier molecular flexibility index (Phi) is 5.68. The summed E-state index contributed by atoms with van der Waals surface area (Å²) in [6.07, 6.45) is 0.853. The third-order valence-corrected chi connectivity index (χ3v) is 5.87. The van der Waals surface area contributed by atoms with Crippen molar-refractivity contribution in [1.82, 2.24) is 15.1 Å². The molecule has 0 bridgehead atoms. The van der Waals surface area contributed by atoms with Crippen LogP contribution in [0.3, 0.4) is 0 Å². The van der Waals surface area contributed by atoms with Crippen LogP contribution in [0, 0.1) is 5.92 Å². The largest absolute Gasteiger partial charge is 0.350 e. The van der Waals surface area contributed by atoms with E-state index in [2.05, 4.69) is 22.3 Å². The van der Waals surface area contributed by atoms with E-state index in [9.17, 15) is 14.4 Å². The van der Waals surface area contributed by atoms with Crippen LogP contribution in [0.25, 0.3) is 0 Å². The fraction of sp³-hybridized carbons (Fsp3) is 0.375. The molecule has 6 nitrogen and oxygen atoms in total. The number of rotatable bonds is 6. The van der Waals surface area contributed by atoms with E-state index in [0.29, 0.717) is 11.1 Å². The van der Waals surface area contributed by atoms with Gasteiger partial charge in [0.25, 0.3) is 11.8 Å². The van der Waals surface area contributed by atoms with Crippen molar-refractivity contribution < 1.29 is 14.4 Å². The third-order valence-electron chi connectivity index (χ3n) is 5.87. The minimum Gasteiger partial charge on any atom is -0.350 e. The van der Waals surface area contributed by atoms with Crippen molar-refractivity contribution in [1.29, 1.82) is 0 Å².